The van der Waals surface area contributed by atoms with Gasteiger partial charge in [-0.2, -0.15) is 0 Å². The van der Waals surface area contributed by atoms with E-state index < -0.39 is 0 Å². The lowest BCUT2D eigenvalue weighted by Gasteiger charge is -1.97. The highest BCUT2D eigenvalue weighted by Crippen LogP contribution is 2.16. The van der Waals surface area contributed by atoms with Crippen LogP contribution in [0.15, 0.2) is 36.4 Å². The largest absolute Gasteiger partial charge is 0.333 e. The van der Waals surface area contributed by atoms with Gasteiger partial charge in [-0.1, -0.05) is 101 Å². The number of nitro benzene ring substituents is 2. The molecule has 0 unspecified atom stereocenters. The molecule has 2 aromatic rings. The fourth-order valence-corrected chi connectivity index (χ4v) is 1.68. The van der Waals surface area contributed by atoms with Gasteiger partial charge in [-0.05, 0) is 68.3 Å². The average molecular weight is 801 g/mol. The van der Waals surface area contributed by atoms with Crippen LogP contribution < -0.4 is 5.73 Å². The van der Waals surface area contributed by atoms with Crippen molar-refractivity contribution >= 4 is 79.1 Å². The van der Waals surface area contributed by atoms with Gasteiger partial charge < -0.3 is 5.73 Å². The summed E-state index contributed by atoms with van der Waals surface area (Å²) in [5, 5.41) is 20.5. The van der Waals surface area contributed by atoms with Crippen LogP contribution in [0.3, 0.4) is 0 Å². The Hall–Kier alpha value is -0.610. The van der Waals surface area contributed by atoms with E-state index in [-0.39, 0.29) is 21.2 Å². The molecule has 0 saturated carbocycles. The second kappa shape index (κ2) is 26.0. The first-order valence-electron chi connectivity index (χ1n) is 10.2. The van der Waals surface area contributed by atoms with Crippen molar-refractivity contribution in [3.63, 3.8) is 0 Å². The van der Waals surface area contributed by atoms with Crippen molar-refractivity contribution in [2.45, 2.75) is 57.3 Å². The van der Waals surface area contributed by atoms with Crippen molar-refractivity contribution in [3.8, 4) is 0 Å². The molecule has 33 heavy (non-hydrogen) atoms. The number of nitrogens with two attached hydrogens (primary N) is 1. The third-order valence-electron chi connectivity index (χ3n) is 3.40. The predicted octanol–water partition coefficient (Wildman–Crippen LogP) is 8.67. The summed E-state index contributed by atoms with van der Waals surface area (Å²) >= 11 is 6.95. The Bertz CT molecular complexity index is 725. The second-order valence-electron chi connectivity index (χ2n) is 5.84. The van der Waals surface area contributed by atoms with Gasteiger partial charge in [0.25, 0.3) is 11.4 Å². The lowest BCUT2D eigenvalue weighted by molar-refractivity contribution is -0.385. The predicted molar refractivity (Wildman–Crippen MR) is 169 cm³/mol. The molecule has 0 fully saturated rings. The summed E-state index contributed by atoms with van der Waals surface area (Å²) in [7, 11) is 1.50. The molecule has 0 saturated heterocycles. The number of alkyl halides is 3. The van der Waals surface area contributed by atoms with Crippen LogP contribution in [0, 0.1) is 47.9 Å². The highest BCUT2D eigenvalue weighted by molar-refractivity contribution is 14.2. The molecule has 0 aliphatic heterocycles. The summed E-state index contributed by atoms with van der Waals surface area (Å²) in [5.74, 6) is 0. The van der Waals surface area contributed by atoms with Gasteiger partial charge in [-0.15, -0.1) is 0 Å². The zero-order valence-corrected chi connectivity index (χ0v) is 27.5. The topological polar surface area (TPSA) is 112 Å². The summed E-state index contributed by atoms with van der Waals surface area (Å²) < 4.78 is 1.99. The molecule has 0 radical (unpaired) electrons. The van der Waals surface area contributed by atoms with Crippen molar-refractivity contribution < 1.29 is 9.85 Å². The fraction of sp³-hybridized carbons (Fsp3) is 0.478. The first kappa shape index (κ1) is 39.6. The standard InChI is InChI=1S/2C8H9NO2.C2H4I2.C2H5I.C2H6.CH5N/c2*1-6-3-4-8(9(10)11)5-7(6)2;1-2(3)4;1-2-3;2*1-2/h2*3-5H,1-2H3;2H,1H3;2H2,1H3;1-2H3;2H2,1H3. The zero-order valence-electron chi connectivity index (χ0n) is 21.0. The first-order chi connectivity index (χ1) is 15.4. The third kappa shape index (κ3) is 24.3. The minimum absolute atomic E-state index is 0.160. The van der Waals surface area contributed by atoms with Gasteiger partial charge in [0.05, 0.1) is 11.8 Å². The van der Waals surface area contributed by atoms with E-state index in [2.05, 4.69) is 87.4 Å². The average Bonchev–Trinajstić information content (AvgIpc) is 2.75. The molecule has 0 heterocycles. The second-order valence-corrected chi connectivity index (χ2v) is 13.5. The minimum Gasteiger partial charge on any atom is -0.333 e. The monoisotopic (exact) mass is 801 g/mol. The number of non-ortho nitro benzene ring substituents is 2. The molecule has 7 nitrogen and oxygen atoms in total. The van der Waals surface area contributed by atoms with E-state index in [9.17, 15) is 20.2 Å². The number of hydrogen-bond donors (Lipinski definition) is 1. The van der Waals surface area contributed by atoms with Crippen LogP contribution in [0.1, 0.15) is 49.9 Å². The number of aryl methyl sites for hydroxylation is 4. The van der Waals surface area contributed by atoms with Gasteiger partial charge in [0, 0.05) is 24.3 Å². The molecule has 0 bridgehead atoms. The summed E-state index contributed by atoms with van der Waals surface area (Å²) in [4.78, 5) is 19.8. The number of hydrogen-bond acceptors (Lipinski definition) is 5. The maximum atomic E-state index is 10.3. The fourth-order valence-electron chi connectivity index (χ4n) is 1.68. The Morgan fingerprint density at radius 2 is 1.00 bits per heavy atom. The quantitative estimate of drug-likeness (QED) is 0.142. The van der Waals surface area contributed by atoms with E-state index in [4.69, 9.17) is 0 Å². The molecule has 0 aliphatic rings. The van der Waals surface area contributed by atoms with Crippen LogP contribution in [0.25, 0.3) is 0 Å². The highest BCUT2D eigenvalue weighted by Gasteiger charge is 2.05. The van der Waals surface area contributed by atoms with Crippen LogP contribution in [0.5, 0.6) is 0 Å². The highest BCUT2D eigenvalue weighted by atomic mass is 127. The molecule has 0 spiro atoms. The van der Waals surface area contributed by atoms with Crippen LogP contribution in [-0.2, 0) is 0 Å². The van der Waals surface area contributed by atoms with E-state index in [0.717, 1.165) is 24.2 Å². The zero-order chi connectivity index (χ0) is 27.1. The Morgan fingerprint density at radius 1 is 0.788 bits per heavy atom. The number of rotatable bonds is 2. The van der Waals surface area contributed by atoms with E-state index in [0.29, 0.717) is 0 Å². The smallest absolute Gasteiger partial charge is 0.269 e. The Kier molecular flexibility index (Phi) is 31.2. The van der Waals surface area contributed by atoms with E-state index >= 15 is 0 Å². The number of benzene rings is 2. The summed E-state index contributed by atoms with van der Waals surface area (Å²) in [6, 6.07) is 9.70. The van der Waals surface area contributed by atoms with Gasteiger partial charge in [0.2, 0.25) is 0 Å². The SMILES string of the molecule is CC.CC(I)I.CCI.CN.Cc1ccc([N+](=O)[O-])cc1C.Cc1ccc([N+](=O)[O-])cc1C. The summed E-state index contributed by atoms with van der Waals surface area (Å²) in [6.07, 6.45) is 0. The van der Waals surface area contributed by atoms with E-state index in [1.807, 2.05) is 41.5 Å². The Morgan fingerprint density at radius 3 is 1.15 bits per heavy atom. The molecular weight excluding hydrogens is 763 g/mol. The first-order valence-corrected chi connectivity index (χ1v) is 14.2. The van der Waals surface area contributed by atoms with E-state index in [1.165, 1.54) is 23.6 Å². The van der Waals surface area contributed by atoms with Crippen molar-refractivity contribution in [3.05, 3.63) is 78.9 Å². The number of halogens is 3. The minimum atomic E-state index is -0.382. The molecule has 10 heteroatoms. The Labute approximate surface area is 240 Å². The molecule has 0 aromatic heterocycles. The van der Waals surface area contributed by atoms with Crippen molar-refractivity contribution in [2.75, 3.05) is 11.5 Å². The molecule has 0 atom stereocenters. The summed E-state index contributed by atoms with van der Waals surface area (Å²) in [6.45, 7) is 15.8. The molecule has 190 valence electrons. The molecule has 0 aliphatic carbocycles. The Balaban J connectivity index is -0.000000179. The van der Waals surface area contributed by atoms with E-state index in [1.54, 1.807) is 24.3 Å². The van der Waals surface area contributed by atoms with Gasteiger partial charge in [0.1, 0.15) is 0 Å². The van der Waals surface area contributed by atoms with Gasteiger partial charge in [-0.25, -0.2) is 0 Å². The maximum absolute atomic E-state index is 10.3. The van der Waals surface area contributed by atoms with Gasteiger partial charge >= 0.3 is 0 Å². The van der Waals surface area contributed by atoms with Gasteiger partial charge in [0.15, 0.2) is 0 Å². The molecular formula is C23H38I3N3O4. The van der Waals surface area contributed by atoms with Crippen molar-refractivity contribution in [1.82, 2.24) is 0 Å². The van der Waals surface area contributed by atoms with Crippen LogP contribution >= 0.6 is 67.8 Å². The van der Waals surface area contributed by atoms with Gasteiger partial charge in [-0.3, -0.25) is 20.2 Å². The van der Waals surface area contributed by atoms with Crippen LogP contribution in [0.2, 0.25) is 0 Å². The third-order valence-corrected chi connectivity index (χ3v) is 3.40. The molecule has 0 amide bonds. The lowest BCUT2D eigenvalue weighted by atomic mass is 10.1. The molecule has 2 rings (SSSR count). The summed E-state index contributed by atoms with van der Waals surface area (Å²) in [5.41, 5.74) is 8.89. The van der Waals surface area contributed by atoms with Crippen LogP contribution in [-0.4, -0.2) is 23.3 Å². The number of nitro groups is 2. The number of nitrogens with zero attached hydrogens (tertiary/aromatic N) is 2. The normalized spacial score (nSPS) is 8.42. The molecule has 2 N–H and O–H groups in total. The van der Waals surface area contributed by atoms with Crippen molar-refractivity contribution in [1.29, 1.82) is 0 Å². The lowest BCUT2D eigenvalue weighted by Crippen LogP contribution is -1.89. The van der Waals surface area contributed by atoms with Crippen molar-refractivity contribution in [2.24, 2.45) is 5.73 Å². The molecule has 2 aromatic carbocycles. The van der Waals surface area contributed by atoms with Crippen LogP contribution in [0.4, 0.5) is 11.4 Å². The maximum Gasteiger partial charge on any atom is 0.269 e.